The van der Waals surface area contributed by atoms with Crippen molar-refractivity contribution in [3.05, 3.63) is 70.9 Å². The first-order valence-electron chi connectivity index (χ1n) is 11.4. The highest BCUT2D eigenvalue weighted by molar-refractivity contribution is 6.30. The van der Waals surface area contributed by atoms with E-state index in [4.69, 9.17) is 11.6 Å². The number of rotatable bonds is 4. The third-order valence-corrected chi connectivity index (χ3v) is 8.27. The molecule has 3 N–H and O–H groups in total. The van der Waals surface area contributed by atoms with Crippen LogP contribution in [0.2, 0.25) is 5.02 Å². The van der Waals surface area contributed by atoms with Gasteiger partial charge in [-0.2, -0.15) is 0 Å². The van der Waals surface area contributed by atoms with Crippen molar-refractivity contribution in [1.82, 2.24) is 4.98 Å². The van der Waals surface area contributed by atoms with Gasteiger partial charge in [0.1, 0.15) is 0 Å². The lowest BCUT2D eigenvalue weighted by Crippen LogP contribution is -3.24. The standard InChI is InChI=1S/C26H27ClN2O2/c27-18-7-5-17(6-8-18)22(23-15-28-24-4-2-1-3-21(23)24)11-25(30)29-19-9-16-10-20(29)14-26(31,12-16)13-19/h1-8,15-16,19-20,22,28,31H,9-14H2/p+1. The number of amides is 1. The first-order valence-corrected chi connectivity index (χ1v) is 11.8. The predicted octanol–water partition coefficient (Wildman–Crippen LogP) is 3.83. The van der Waals surface area contributed by atoms with E-state index >= 15 is 0 Å². The van der Waals surface area contributed by atoms with E-state index in [1.54, 1.807) is 0 Å². The zero-order valence-electron chi connectivity index (χ0n) is 17.5. The van der Waals surface area contributed by atoms with Crippen LogP contribution in [-0.2, 0) is 4.79 Å². The van der Waals surface area contributed by atoms with Gasteiger partial charge in [0.2, 0.25) is 0 Å². The van der Waals surface area contributed by atoms with Gasteiger partial charge in [0.15, 0.2) is 0 Å². The fourth-order valence-electron chi connectivity index (χ4n) is 6.99. The third-order valence-electron chi connectivity index (χ3n) is 8.02. The molecule has 160 valence electrons. The lowest BCUT2D eigenvalue weighted by molar-refractivity contribution is -0.896. The maximum absolute atomic E-state index is 13.8. The lowest BCUT2D eigenvalue weighted by Gasteiger charge is -2.56. The Morgan fingerprint density at radius 1 is 1.10 bits per heavy atom. The highest BCUT2D eigenvalue weighted by atomic mass is 35.5. The molecule has 2 aliphatic carbocycles. The van der Waals surface area contributed by atoms with Crippen LogP contribution in [0.4, 0.5) is 0 Å². The van der Waals surface area contributed by atoms with Gasteiger partial charge in [-0.05, 0) is 41.7 Å². The van der Waals surface area contributed by atoms with Crippen LogP contribution in [0.3, 0.4) is 0 Å². The summed E-state index contributed by atoms with van der Waals surface area (Å²) in [5.41, 5.74) is 2.85. The monoisotopic (exact) mass is 435 g/mol. The summed E-state index contributed by atoms with van der Waals surface area (Å²) in [5, 5.41) is 12.8. The van der Waals surface area contributed by atoms with Gasteiger partial charge >= 0.3 is 5.91 Å². The van der Waals surface area contributed by atoms with Crippen LogP contribution in [0, 0.1) is 5.92 Å². The summed E-state index contributed by atoms with van der Waals surface area (Å²) < 4.78 is 0. The van der Waals surface area contributed by atoms with Crippen LogP contribution >= 0.6 is 11.6 Å². The summed E-state index contributed by atoms with van der Waals surface area (Å²) in [6, 6.07) is 16.7. The Kier molecular flexibility index (Phi) is 4.53. The molecule has 2 saturated heterocycles. The van der Waals surface area contributed by atoms with Crippen molar-refractivity contribution in [3.8, 4) is 0 Å². The number of hydrogen-bond acceptors (Lipinski definition) is 2. The highest BCUT2D eigenvalue weighted by Gasteiger charge is 2.58. The molecule has 3 atom stereocenters. The Labute approximate surface area is 187 Å². The minimum absolute atomic E-state index is 0.0197. The van der Waals surface area contributed by atoms with Gasteiger partial charge < -0.3 is 10.1 Å². The van der Waals surface area contributed by atoms with Gasteiger partial charge in [-0.15, -0.1) is 0 Å². The minimum atomic E-state index is -0.521. The molecule has 5 heteroatoms. The lowest BCUT2D eigenvalue weighted by atomic mass is 9.61. The molecule has 4 fully saturated rings. The number of para-hydroxylation sites is 1. The summed E-state index contributed by atoms with van der Waals surface area (Å²) in [5.74, 6) is 0.871. The van der Waals surface area contributed by atoms with E-state index < -0.39 is 5.60 Å². The summed E-state index contributed by atoms with van der Waals surface area (Å²) in [7, 11) is 0. The molecule has 2 saturated carbocycles. The number of carbonyl (C=O) groups is 1. The molecule has 4 aliphatic rings. The topological polar surface area (TPSA) is 57.5 Å². The molecule has 2 aliphatic heterocycles. The molecular weight excluding hydrogens is 408 g/mol. The maximum atomic E-state index is 13.8. The van der Waals surface area contributed by atoms with E-state index in [9.17, 15) is 9.90 Å². The van der Waals surface area contributed by atoms with Crippen LogP contribution in [0.25, 0.3) is 10.9 Å². The van der Waals surface area contributed by atoms with Gasteiger partial charge in [0.05, 0.1) is 24.1 Å². The average Bonchev–Trinajstić information content (AvgIpc) is 3.15. The van der Waals surface area contributed by atoms with Crippen LogP contribution in [0.15, 0.2) is 54.7 Å². The number of aromatic nitrogens is 1. The summed E-state index contributed by atoms with van der Waals surface area (Å²) in [4.78, 5) is 18.3. The van der Waals surface area contributed by atoms with Crippen molar-refractivity contribution >= 4 is 28.4 Å². The van der Waals surface area contributed by atoms with Crippen LogP contribution in [0.1, 0.15) is 55.6 Å². The molecule has 2 aromatic carbocycles. The fourth-order valence-corrected chi connectivity index (χ4v) is 7.12. The second kappa shape index (κ2) is 7.19. The fraction of sp³-hybridized carbons (Fsp3) is 0.423. The van der Waals surface area contributed by atoms with Crippen molar-refractivity contribution in [3.63, 3.8) is 0 Å². The van der Waals surface area contributed by atoms with E-state index in [2.05, 4.69) is 23.3 Å². The van der Waals surface area contributed by atoms with Crippen molar-refractivity contribution < 1.29 is 14.8 Å². The number of piperidine rings is 2. The van der Waals surface area contributed by atoms with Gasteiger partial charge in [-0.3, -0.25) is 4.90 Å². The number of H-pyrrole nitrogens is 1. The Balaban J connectivity index is 1.35. The highest BCUT2D eigenvalue weighted by Crippen LogP contribution is 2.45. The molecule has 3 aromatic rings. The Bertz CT molecular complexity index is 1120. The van der Waals surface area contributed by atoms with E-state index in [1.807, 2.05) is 36.4 Å². The van der Waals surface area contributed by atoms with Gasteiger partial charge in [0, 0.05) is 53.7 Å². The zero-order valence-corrected chi connectivity index (χ0v) is 18.2. The number of halogens is 1. The van der Waals surface area contributed by atoms with E-state index in [0.29, 0.717) is 23.3 Å². The Morgan fingerprint density at radius 2 is 1.81 bits per heavy atom. The van der Waals surface area contributed by atoms with E-state index in [-0.39, 0.29) is 18.0 Å². The van der Waals surface area contributed by atoms with E-state index in [1.165, 1.54) is 5.39 Å². The normalized spacial score (nSPS) is 32.5. The molecule has 7 rings (SSSR count). The Hall–Kier alpha value is -2.14. The number of carbonyl (C=O) groups excluding carboxylic acids is 1. The van der Waals surface area contributed by atoms with Crippen LogP contribution in [0.5, 0.6) is 0 Å². The number of fused-ring (bicyclic) bond motifs is 1. The summed E-state index contributed by atoms with van der Waals surface area (Å²) in [6.07, 6.45) is 7.18. The zero-order chi connectivity index (χ0) is 21.2. The molecule has 1 amide bonds. The molecule has 0 radical (unpaired) electrons. The van der Waals surface area contributed by atoms with Crippen LogP contribution in [-0.4, -0.2) is 33.7 Å². The SMILES string of the molecule is O=C(CC(c1ccc(Cl)cc1)c1c[nH]c2ccccc12)[NH+]1C2CC3CC1CC(O)(C3)C2. The molecular formula is C26H28ClN2O2+. The van der Waals surface area contributed by atoms with Gasteiger partial charge in [-0.25, -0.2) is 4.79 Å². The molecule has 4 nitrogen and oxygen atoms in total. The molecule has 4 bridgehead atoms. The van der Waals surface area contributed by atoms with Crippen molar-refractivity contribution in [2.45, 2.75) is 62.1 Å². The first kappa shape index (κ1) is 19.5. The Morgan fingerprint density at radius 3 is 2.52 bits per heavy atom. The summed E-state index contributed by atoms with van der Waals surface area (Å²) >= 11 is 6.16. The number of benzene rings is 2. The quantitative estimate of drug-likeness (QED) is 0.583. The van der Waals surface area contributed by atoms with Crippen molar-refractivity contribution in [2.75, 3.05) is 0 Å². The molecule has 31 heavy (non-hydrogen) atoms. The van der Waals surface area contributed by atoms with Gasteiger partial charge in [0.25, 0.3) is 0 Å². The molecule has 3 unspecified atom stereocenters. The minimum Gasteiger partial charge on any atom is -0.389 e. The van der Waals surface area contributed by atoms with E-state index in [0.717, 1.165) is 53.6 Å². The first-order chi connectivity index (χ1) is 15.0. The smallest absolute Gasteiger partial charge is 0.313 e. The third kappa shape index (κ3) is 3.32. The number of aliphatic hydroxyl groups is 1. The number of nitrogens with one attached hydrogen (secondary N) is 2. The average molecular weight is 436 g/mol. The molecule has 3 heterocycles. The number of hydrogen-bond donors (Lipinski definition) is 3. The maximum Gasteiger partial charge on any atom is 0.313 e. The predicted molar refractivity (Wildman–Crippen MR) is 121 cm³/mol. The van der Waals surface area contributed by atoms with Gasteiger partial charge in [-0.1, -0.05) is 41.9 Å². The largest absolute Gasteiger partial charge is 0.389 e. The van der Waals surface area contributed by atoms with Crippen molar-refractivity contribution in [1.29, 1.82) is 0 Å². The second-order valence-electron chi connectivity index (χ2n) is 10.0. The number of quaternary nitrogens is 1. The molecule has 1 aromatic heterocycles. The van der Waals surface area contributed by atoms with Crippen molar-refractivity contribution in [2.24, 2.45) is 5.92 Å². The van der Waals surface area contributed by atoms with Crippen LogP contribution < -0.4 is 4.90 Å². The summed E-state index contributed by atoms with van der Waals surface area (Å²) in [6.45, 7) is 0. The molecule has 0 spiro atoms. The number of aromatic amines is 1. The second-order valence-corrected chi connectivity index (χ2v) is 10.5.